The zero-order valence-corrected chi connectivity index (χ0v) is 16.1. The highest BCUT2D eigenvalue weighted by Crippen LogP contribution is 2.28. The van der Waals surface area contributed by atoms with Gasteiger partial charge in [0.15, 0.2) is 0 Å². The Bertz CT molecular complexity index is 951. The molecule has 0 radical (unpaired) electrons. The van der Waals surface area contributed by atoms with Crippen LogP contribution < -0.4 is 10.6 Å². The molecular formula is C22H22ClF2N3. The normalized spacial score (nSPS) is 19.7. The summed E-state index contributed by atoms with van der Waals surface area (Å²) in [6.45, 7) is 0.219. The first-order chi connectivity index (χ1) is 13.6. The van der Waals surface area contributed by atoms with Crippen LogP contribution in [0.25, 0.3) is 10.9 Å². The lowest BCUT2D eigenvalue weighted by Gasteiger charge is -2.30. The molecule has 0 unspecified atom stereocenters. The van der Waals surface area contributed by atoms with Crippen molar-refractivity contribution in [1.82, 2.24) is 10.3 Å². The Balaban J connectivity index is 1.34. The predicted molar refractivity (Wildman–Crippen MR) is 110 cm³/mol. The molecule has 2 aromatic carbocycles. The summed E-state index contributed by atoms with van der Waals surface area (Å²) < 4.78 is 27.5. The summed E-state index contributed by atoms with van der Waals surface area (Å²) in [5, 5.41) is 8.67. The van der Waals surface area contributed by atoms with Crippen LogP contribution in [0.5, 0.6) is 0 Å². The second-order valence-corrected chi connectivity index (χ2v) is 7.73. The SMILES string of the molecule is Fc1cccc(F)c1CNC1CCC(Nc2ccnc3cc(Cl)ccc23)CC1. The molecule has 0 amide bonds. The van der Waals surface area contributed by atoms with Gasteiger partial charge in [-0.15, -0.1) is 0 Å². The molecule has 1 fully saturated rings. The van der Waals surface area contributed by atoms with Gasteiger partial charge >= 0.3 is 0 Å². The average molecular weight is 402 g/mol. The van der Waals surface area contributed by atoms with Crippen molar-refractivity contribution >= 4 is 28.2 Å². The summed E-state index contributed by atoms with van der Waals surface area (Å²) in [7, 11) is 0. The number of rotatable bonds is 5. The third kappa shape index (κ3) is 4.26. The van der Waals surface area contributed by atoms with Gasteiger partial charge < -0.3 is 10.6 Å². The van der Waals surface area contributed by atoms with E-state index in [9.17, 15) is 8.78 Å². The zero-order chi connectivity index (χ0) is 19.5. The van der Waals surface area contributed by atoms with Gasteiger partial charge in [-0.2, -0.15) is 0 Å². The number of nitrogens with zero attached hydrogens (tertiary/aromatic N) is 1. The van der Waals surface area contributed by atoms with E-state index >= 15 is 0 Å². The van der Waals surface area contributed by atoms with Crippen molar-refractivity contribution in [1.29, 1.82) is 0 Å². The van der Waals surface area contributed by atoms with Crippen molar-refractivity contribution in [2.24, 2.45) is 0 Å². The van der Waals surface area contributed by atoms with Gasteiger partial charge in [-0.25, -0.2) is 8.78 Å². The molecule has 1 aliphatic carbocycles. The predicted octanol–water partition coefficient (Wildman–Crippen LogP) is 5.68. The van der Waals surface area contributed by atoms with Gasteiger partial charge in [0.2, 0.25) is 0 Å². The summed E-state index contributed by atoms with van der Waals surface area (Å²) in [5.74, 6) is -0.986. The van der Waals surface area contributed by atoms with Crippen LogP contribution in [-0.2, 0) is 6.54 Å². The Kier molecular flexibility index (Phi) is 5.74. The van der Waals surface area contributed by atoms with E-state index in [1.54, 1.807) is 6.20 Å². The van der Waals surface area contributed by atoms with Crippen molar-refractivity contribution in [2.45, 2.75) is 44.3 Å². The fourth-order valence-electron chi connectivity index (χ4n) is 3.86. The molecule has 3 nitrogen and oxygen atoms in total. The molecule has 1 aromatic heterocycles. The van der Waals surface area contributed by atoms with Crippen molar-refractivity contribution in [3.63, 3.8) is 0 Å². The summed E-state index contributed by atoms with van der Waals surface area (Å²) in [5.41, 5.74) is 2.05. The number of hydrogen-bond acceptors (Lipinski definition) is 3. The minimum absolute atomic E-state index is 0.115. The molecule has 4 rings (SSSR count). The van der Waals surface area contributed by atoms with E-state index < -0.39 is 11.6 Å². The van der Waals surface area contributed by atoms with Gasteiger partial charge in [-0.1, -0.05) is 17.7 Å². The Hall–Kier alpha value is -2.24. The largest absolute Gasteiger partial charge is 0.382 e. The molecule has 1 aliphatic rings. The Morgan fingerprint density at radius 2 is 1.68 bits per heavy atom. The van der Waals surface area contributed by atoms with Gasteiger partial charge in [0.1, 0.15) is 11.6 Å². The summed E-state index contributed by atoms with van der Waals surface area (Å²) in [6, 6.07) is 12.3. The molecule has 2 N–H and O–H groups in total. The molecule has 1 saturated carbocycles. The number of nitrogens with one attached hydrogen (secondary N) is 2. The van der Waals surface area contributed by atoms with Crippen molar-refractivity contribution in [3.05, 3.63) is 70.9 Å². The number of hydrogen-bond donors (Lipinski definition) is 2. The highest BCUT2D eigenvalue weighted by atomic mass is 35.5. The number of fused-ring (bicyclic) bond motifs is 1. The van der Waals surface area contributed by atoms with Crippen LogP contribution >= 0.6 is 11.6 Å². The monoisotopic (exact) mass is 401 g/mol. The fraction of sp³-hybridized carbons (Fsp3) is 0.318. The van der Waals surface area contributed by atoms with Crippen LogP contribution in [0.2, 0.25) is 5.02 Å². The lowest BCUT2D eigenvalue weighted by molar-refractivity contribution is 0.349. The van der Waals surface area contributed by atoms with Gasteiger partial charge in [-0.05, 0) is 62.1 Å². The first kappa shape index (κ1) is 19.1. The first-order valence-electron chi connectivity index (χ1n) is 9.57. The lowest BCUT2D eigenvalue weighted by atomic mass is 9.90. The molecular weight excluding hydrogens is 380 g/mol. The van der Waals surface area contributed by atoms with E-state index in [1.807, 2.05) is 24.3 Å². The molecule has 1 heterocycles. The maximum Gasteiger partial charge on any atom is 0.130 e. The zero-order valence-electron chi connectivity index (χ0n) is 15.4. The fourth-order valence-corrected chi connectivity index (χ4v) is 4.02. The van der Waals surface area contributed by atoms with Crippen molar-refractivity contribution in [2.75, 3.05) is 5.32 Å². The quantitative estimate of drug-likeness (QED) is 0.577. The number of anilines is 1. The van der Waals surface area contributed by atoms with Crippen LogP contribution in [0, 0.1) is 11.6 Å². The van der Waals surface area contributed by atoms with Crippen molar-refractivity contribution < 1.29 is 8.78 Å². The number of benzene rings is 2. The van der Waals surface area contributed by atoms with Gasteiger partial charge in [0.25, 0.3) is 0 Å². The molecule has 0 aliphatic heterocycles. The molecule has 0 bridgehead atoms. The van der Waals surface area contributed by atoms with Crippen LogP contribution in [0.1, 0.15) is 31.2 Å². The Labute approximate surface area is 168 Å². The highest BCUT2D eigenvalue weighted by molar-refractivity contribution is 6.31. The van der Waals surface area contributed by atoms with E-state index in [4.69, 9.17) is 11.6 Å². The van der Waals surface area contributed by atoms with Gasteiger partial charge in [0.05, 0.1) is 5.52 Å². The molecule has 0 atom stereocenters. The maximum absolute atomic E-state index is 13.8. The standard InChI is InChI=1S/C22H22ClF2N3/c23-14-4-9-17-21(10-11-26-22(17)12-14)28-16-7-5-15(6-8-16)27-13-18-19(24)2-1-3-20(18)25/h1-4,9-12,15-16,27H,5-8,13H2,(H,26,28). The number of aromatic nitrogens is 1. The van der Waals surface area contributed by atoms with E-state index in [-0.39, 0.29) is 18.2 Å². The van der Waals surface area contributed by atoms with Crippen LogP contribution in [-0.4, -0.2) is 17.1 Å². The number of pyridine rings is 1. The Morgan fingerprint density at radius 1 is 0.964 bits per heavy atom. The van der Waals surface area contributed by atoms with E-state index in [0.29, 0.717) is 11.1 Å². The first-order valence-corrected chi connectivity index (χ1v) is 9.95. The van der Waals surface area contributed by atoms with Gasteiger partial charge in [-0.3, -0.25) is 4.98 Å². The third-order valence-electron chi connectivity index (χ3n) is 5.42. The second kappa shape index (κ2) is 8.41. The minimum atomic E-state index is -0.493. The average Bonchev–Trinajstić information content (AvgIpc) is 2.69. The third-order valence-corrected chi connectivity index (χ3v) is 5.66. The molecule has 28 heavy (non-hydrogen) atoms. The minimum Gasteiger partial charge on any atom is -0.382 e. The van der Waals surface area contributed by atoms with E-state index in [1.165, 1.54) is 18.2 Å². The molecule has 3 aromatic rings. The summed E-state index contributed by atoms with van der Waals surface area (Å²) >= 11 is 6.06. The van der Waals surface area contributed by atoms with E-state index in [0.717, 1.165) is 42.3 Å². The summed E-state index contributed by atoms with van der Waals surface area (Å²) in [6.07, 6.45) is 5.70. The second-order valence-electron chi connectivity index (χ2n) is 7.29. The van der Waals surface area contributed by atoms with Crippen LogP contribution in [0.3, 0.4) is 0 Å². The number of halogens is 3. The Morgan fingerprint density at radius 3 is 2.43 bits per heavy atom. The van der Waals surface area contributed by atoms with Crippen LogP contribution in [0.15, 0.2) is 48.7 Å². The lowest BCUT2D eigenvalue weighted by Crippen LogP contribution is -2.37. The van der Waals surface area contributed by atoms with Crippen LogP contribution in [0.4, 0.5) is 14.5 Å². The molecule has 0 spiro atoms. The van der Waals surface area contributed by atoms with Gasteiger partial charge in [0, 0.05) is 46.5 Å². The van der Waals surface area contributed by atoms with Crippen molar-refractivity contribution in [3.8, 4) is 0 Å². The smallest absolute Gasteiger partial charge is 0.130 e. The topological polar surface area (TPSA) is 37.0 Å². The molecule has 6 heteroatoms. The van der Waals surface area contributed by atoms with E-state index in [2.05, 4.69) is 15.6 Å². The maximum atomic E-state index is 13.8. The summed E-state index contributed by atoms with van der Waals surface area (Å²) in [4.78, 5) is 4.38. The molecule has 146 valence electrons. The highest BCUT2D eigenvalue weighted by Gasteiger charge is 2.22. The molecule has 0 saturated heterocycles.